The van der Waals surface area contributed by atoms with Gasteiger partial charge in [-0.15, -0.1) is 11.8 Å². The number of rotatable bonds is 3. The van der Waals surface area contributed by atoms with Crippen molar-refractivity contribution in [3.05, 3.63) is 29.8 Å². The maximum absolute atomic E-state index is 13.0. The number of piperidine rings is 1. The second-order valence-corrected chi connectivity index (χ2v) is 7.40. The van der Waals surface area contributed by atoms with E-state index in [1.807, 2.05) is 28.8 Å². The molecule has 0 bridgehead atoms. The summed E-state index contributed by atoms with van der Waals surface area (Å²) in [7, 11) is 0. The molecular formula is C17H23N3O2S. The van der Waals surface area contributed by atoms with Crippen molar-refractivity contribution in [3.63, 3.8) is 0 Å². The standard InChI is InChI=1S/C17H23N3O2S/c18-17(22)19-10-12-4-3-8-20(11-12)16(21)14-7-9-23-15-6-2-1-5-13(14)15/h1-2,5-6,12,14H,3-4,7-11H2,(H3,18,19,22). The summed E-state index contributed by atoms with van der Waals surface area (Å²) < 4.78 is 0. The predicted molar refractivity (Wildman–Crippen MR) is 91.4 cm³/mol. The Labute approximate surface area is 141 Å². The van der Waals surface area contributed by atoms with E-state index in [-0.39, 0.29) is 11.8 Å². The van der Waals surface area contributed by atoms with Crippen LogP contribution in [0.4, 0.5) is 4.79 Å². The lowest BCUT2D eigenvalue weighted by Gasteiger charge is -2.36. The topological polar surface area (TPSA) is 75.4 Å². The van der Waals surface area contributed by atoms with Crippen molar-refractivity contribution in [2.75, 3.05) is 25.4 Å². The summed E-state index contributed by atoms with van der Waals surface area (Å²) in [6.07, 6.45) is 2.92. The highest BCUT2D eigenvalue weighted by Crippen LogP contribution is 2.38. The molecule has 0 radical (unpaired) electrons. The molecule has 23 heavy (non-hydrogen) atoms. The van der Waals surface area contributed by atoms with Gasteiger partial charge in [0.05, 0.1) is 5.92 Å². The van der Waals surface area contributed by atoms with Gasteiger partial charge < -0.3 is 16.0 Å². The lowest BCUT2D eigenvalue weighted by atomic mass is 9.91. The Morgan fingerprint density at radius 1 is 1.30 bits per heavy atom. The molecule has 3 rings (SSSR count). The van der Waals surface area contributed by atoms with Crippen LogP contribution in [0.15, 0.2) is 29.2 Å². The normalized spacial score (nSPS) is 23.9. The van der Waals surface area contributed by atoms with E-state index in [0.29, 0.717) is 19.0 Å². The van der Waals surface area contributed by atoms with Crippen LogP contribution >= 0.6 is 11.8 Å². The number of amides is 3. The summed E-state index contributed by atoms with van der Waals surface area (Å²) in [4.78, 5) is 27.1. The number of urea groups is 1. The van der Waals surface area contributed by atoms with E-state index < -0.39 is 6.03 Å². The van der Waals surface area contributed by atoms with Crippen LogP contribution in [0, 0.1) is 5.92 Å². The quantitative estimate of drug-likeness (QED) is 0.890. The van der Waals surface area contributed by atoms with Crippen LogP contribution in [-0.4, -0.2) is 42.2 Å². The van der Waals surface area contributed by atoms with E-state index in [1.165, 1.54) is 10.5 Å². The smallest absolute Gasteiger partial charge is 0.312 e. The van der Waals surface area contributed by atoms with Crippen LogP contribution in [0.25, 0.3) is 0 Å². The van der Waals surface area contributed by atoms with Crippen LogP contribution in [0.5, 0.6) is 0 Å². The van der Waals surface area contributed by atoms with Gasteiger partial charge in [-0.05, 0) is 42.6 Å². The SMILES string of the molecule is NC(=O)NCC1CCCN(C(=O)C2CCSc3ccccc32)C1. The first-order valence-electron chi connectivity index (χ1n) is 8.19. The van der Waals surface area contributed by atoms with Gasteiger partial charge in [-0.25, -0.2) is 4.79 Å². The monoisotopic (exact) mass is 333 g/mol. The highest BCUT2D eigenvalue weighted by Gasteiger charge is 2.32. The van der Waals surface area contributed by atoms with Crippen molar-refractivity contribution >= 4 is 23.7 Å². The summed E-state index contributed by atoms with van der Waals surface area (Å²) in [5, 5.41) is 2.67. The number of nitrogens with zero attached hydrogens (tertiary/aromatic N) is 1. The lowest BCUT2D eigenvalue weighted by Crippen LogP contribution is -2.46. The number of fused-ring (bicyclic) bond motifs is 1. The summed E-state index contributed by atoms with van der Waals surface area (Å²) in [5.41, 5.74) is 6.31. The molecule has 2 aliphatic heterocycles. The van der Waals surface area contributed by atoms with Gasteiger partial charge in [0.25, 0.3) is 0 Å². The molecule has 6 heteroatoms. The van der Waals surface area contributed by atoms with Gasteiger partial charge in [-0.2, -0.15) is 0 Å². The molecule has 0 saturated carbocycles. The maximum Gasteiger partial charge on any atom is 0.312 e. The number of primary amides is 1. The Balaban J connectivity index is 1.67. The number of likely N-dealkylation sites (tertiary alicyclic amines) is 1. The van der Waals surface area contributed by atoms with Crippen molar-refractivity contribution in [2.45, 2.75) is 30.1 Å². The molecule has 2 unspecified atom stereocenters. The number of hydrogen-bond donors (Lipinski definition) is 2. The molecular weight excluding hydrogens is 310 g/mol. The Kier molecular flexibility index (Phi) is 5.10. The first-order chi connectivity index (χ1) is 11.1. The molecule has 0 aliphatic carbocycles. The third-order valence-corrected chi connectivity index (χ3v) is 5.77. The van der Waals surface area contributed by atoms with Crippen LogP contribution in [0.1, 0.15) is 30.7 Å². The van der Waals surface area contributed by atoms with Gasteiger partial charge in [-0.1, -0.05) is 18.2 Å². The predicted octanol–water partition coefficient (Wildman–Crippen LogP) is 2.17. The zero-order valence-electron chi connectivity index (χ0n) is 13.2. The van der Waals surface area contributed by atoms with Gasteiger partial charge in [0.2, 0.25) is 5.91 Å². The fourth-order valence-electron chi connectivity index (χ4n) is 3.50. The summed E-state index contributed by atoms with van der Waals surface area (Å²) in [5.74, 6) is 1.51. The van der Waals surface area contributed by atoms with Crippen LogP contribution in [0.3, 0.4) is 0 Å². The molecule has 0 aromatic heterocycles. The fourth-order valence-corrected chi connectivity index (χ4v) is 4.62. The van der Waals surface area contributed by atoms with Gasteiger partial charge in [-0.3, -0.25) is 4.79 Å². The molecule has 1 aromatic carbocycles. The second kappa shape index (κ2) is 7.25. The number of carbonyl (C=O) groups is 2. The molecule has 3 N–H and O–H groups in total. The average Bonchev–Trinajstić information content (AvgIpc) is 2.59. The van der Waals surface area contributed by atoms with Crippen molar-refractivity contribution in [2.24, 2.45) is 11.7 Å². The third-order valence-electron chi connectivity index (χ3n) is 4.65. The number of nitrogens with two attached hydrogens (primary N) is 1. The minimum absolute atomic E-state index is 0.0182. The Hall–Kier alpha value is -1.69. The van der Waals surface area contributed by atoms with E-state index in [2.05, 4.69) is 17.4 Å². The first kappa shape index (κ1) is 16.2. The van der Waals surface area contributed by atoms with E-state index in [9.17, 15) is 9.59 Å². The van der Waals surface area contributed by atoms with Gasteiger partial charge in [0.1, 0.15) is 0 Å². The molecule has 1 fully saturated rings. The molecule has 2 aliphatic rings. The van der Waals surface area contributed by atoms with E-state index >= 15 is 0 Å². The number of nitrogens with one attached hydrogen (secondary N) is 1. The molecule has 1 saturated heterocycles. The van der Waals surface area contributed by atoms with Crippen molar-refractivity contribution in [1.29, 1.82) is 0 Å². The number of benzene rings is 1. The largest absolute Gasteiger partial charge is 0.352 e. The second-order valence-electron chi connectivity index (χ2n) is 6.27. The van der Waals surface area contributed by atoms with Gasteiger partial charge >= 0.3 is 6.03 Å². The number of hydrogen-bond acceptors (Lipinski definition) is 3. The highest BCUT2D eigenvalue weighted by atomic mass is 32.2. The number of thioether (sulfide) groups is 1. The van der Waals surface area contributed by atoms with Crippen molar-refractivity contribution in [1.82, 2.24) is 10.2 Å². The summed E-state index contributed by atoms with van der Waals surface area (Å²) >= 11 is 1.84. The minimum Gasteiger partial charge on any atom is -0.352 e. The molecule has 5 nitrogen and oxygen atoms in total. The molecule has 0 spiro atoms. The van der Waals surface area contributed by atoms with E-state index in [1.54, 1.807) is 0 Å². The van der Waals surface area contributed by atoms with E-state index in [0.717, 1.165) is 31.6 Å². The summed E-state index contributed by atoms with van der Waals surface area (Å²) in [6, 6.07) is 7.74. The Morgan fingerprint density at radius 3 is 2.96 bits per heavy atom. The lowest BCUT2D eigenvalue weighted by molar-refractivity contribution is -0.134. The number of carbonyl (C=O) groups excluding carboxylic acids is 2. The van der Waals surface area contributed by atoms with Crippen molar-refractivity contribution < 1.29 is 9.59 Å². The first-order valence-corrected chi connectivity index (χ1v) is 9.17. The van der Waals surface area contributed by atoms with Gasteiger partial charge in [0, 0.05) is 24.5 Å². The van der Waals surface area contributed by atoms with Crippen LogP contribution in [-0.2, 0) is 4.79 Å². The maximum atomic E-state index is 13.0. The molecule has 2 heterocycles. The fraction of sp³-hybridized carbons (Fsp3) is 0.529. The van der Waals surface area contributed by atoms with Crippen molar-refractivity contribution in [3.8, 4) is 0 Å². The molecule has 3 amide bonds. The van der Waals surface area contributed by atoms with E-state index in [4.69, 9.17) is 5.73 Å². The summed E-state index contributed by atoms with van der Waals surface area (Å²) in [6.45, 7) is 2.08. The molecule has 124 valence electrons. The van der Waals surface area contributed by atoms with Crippen LogP contribution < -0.4 is 11.1 Å². The van der Waals surface area contributed by atoms with Gasteiger partial charge in [0.15, 0.2) is 0 Å². The molecule has 1 aromatic rings. The Morgan fingerprint density at radius 2 is 2.13 bits per heavy atom. The zero-order valence-corrected chi connectivity index (χ0v) is 14.0. The van der Waals surface area contributed by atoms with Crippen LogP contribution in [0.2, 0.25) is 0 Å². The minimum atomic E-state index is -0.494. The molecule has 2 atom stereocenters. The Bertz CT molecular complexity index is 593. The highest BCUT2D eigenvalue weighted by molar-refractivity contribution is 7.99. The average molecular weight is 333 g/mol. The third kappa shape index (κ3) is 3.80. The zero-order chi connectivity index (χ0) is 16.2.